The van der Waals surface area contributed by atoms with E-state index in [0.29, 0.717) is 19.7 Å². The Kier molecular flexibility index (Phi) is 6.96. The van der Waals surface area contributed by atoms with Gasteiger partial charge in [-0.2, -0.15) is 0 Å². The van der Waals surface area contributed by atoms with Crippen LogP contribution in [-0.2, 0) is 16.1 Å². The number of nitrogens with one attached hydrogen (secondary N) is 1. The van der Waals surface area contributed by atoms with E-state index in [1.54, 1.807) is 7.05 Å². The minimum atomic E-state index is -0.100. The summed E-state index contributed by atoms with van der Waals surface area (Å²) >= 11 is 0. The summed E-state index contributed by atoms with van der Waals surface area (Å²) in [6.07, 6.45) is 4.41. The summed E-state index contributed by atoms with van der Waals surface area (Å²) in [5.74, 6) is 2.31. The fraction of sp³-hybridized carbons (Fsp3) is 0.619. The SMILES string of the molecule is CCOC(=O)C1CCCN(C(=NC)NCc2ccccc2OCC2CC2)C1. The number of hydrogen-bond donors (Lipinski definition) is 1. The van der Waals surface area contributed by atoms with Crippen LogP contribution in [0.4, 0.5) is 0 Å². The summed E-state index contributed by atoms with van der Waals surface area (Å²) in [6, 6.07) is 8.15. The molecule has 0 amide bonds. The molecule has 1 aromatic rings. The Morgan fingerprint density at radius 3 is 2.85 bits per heavy atom. The Balaban J connectivity index is 1.56. The predicted molar refractivity (Wildman–Crippen MR) is 106 cm³/mol. The van der Waals surface area contributed by atoms with Gasteiger partial charge in [0.1, 0.15) is 5.75 Å². The lowest BCUT2D eigenvalue weighted by Gasteiger charge is -2.34. The van der Waals surface area contributed by atoms with Crippen LogP contribution in [0.3, 0.4) is 0 Å². The number of ether oxygens (including phenoxy) is 2. The second kappa shape index (κ2) is 9.62. The molecule has 1 aliphatic carbocycles. The zero-order valence-electron chi connectivity index (χ0n) is 16.4. The summed E-state index contributed by atoms with van der Waals surface area (Å²) < 4.78 is 11.2. The van der Waals surface area contributed by atoms with Crippen molar-refractivity contribution in [1.82, 2.24) is 10.2 Å². The van der Waals surface area contributed by atoms with Crippen molar-refractivity contribution >= 4 is 11.9 Å². The largest absolute Gasteiger partial charge is 0.493 e. The second-order valence-corrected chi connectivity index (χ2v) is 7.30. The number of nitrogens with zero attached hydrogens (tertiary/aromatic N) is 2. The van der Waals surface area contributed by atoms with Crippen molar-refractivity contribution in [1.29, 1.82) is 0 Å². The first-order valence-corrected chi connectivity index (χ1v) is 10.0. The van der Waals surface area contributed by atoms with E-state index in [2.05, 4.69) is 21.3 Å². The number of guanidine groups is 1. The number of likely N-dealkylation sites (tertiary alicyclic amines) is 1. The molecule has 0 aromatic heterocycles. The monoisotopic (exact) mass is 373 g/mol. The van der Waals surface area contributed by atoms with Crippen LogP contribution in [0.2, 0.25) is 0 Å². The van der Waals surface area contributed by atoms with E-state index in [0.717, 1.165) is 49.2 Å². The first kappa shape index (κ1) is 19.5. The highest BCUT2D eigenvalue weighted by molar-refractivity contribution is 5.81. The van der Waals surface area contributed by atoms with Crippen molar-refractivity contribution in [2.75, 3.05) is 33.4 Å². The third kappa shape index (κ3) is 5.62. The predicted octanol–water partition coefficient (Wildman–Crippen LogP) is 2.83. The van der Waals surface area contributed by atoms with E-state index in [1.807, 2.05) is 25.1 Å². The van der Waals surface area contributed by atoms with Crippen molar-refractivity contribution in [3.8, 4) is 5.75 Å². The maximum atomic E-state index is 12.1. The molecule has 1 aromatic carbocycles. The first-order valence-electron chi connectivity index (χ1n) is 10.0. The van der Waals surface area contributed by atoms with Gasteiger partial charge in [-0.1, -0.05) is 18.2 Å². The van der Waals surface area contributed by atoms with Crippen LogP contribution in [0.5, 0.6) is 5.75 Å². The quantitative estimate of drug-likeness (QED) is 0.452. The first-order chi connectivity index (χ1) is 13.2. The lowest BCUT2D eigenvalue weighted by Crippen LogP contribution is -2.48. The van der Waals surface area contributed by atoms with Gasteiger partial charge in [-0.3, -0.25) is 9.79 Å². The molecule has 1 heterocycles. The molecule has 27 heavy (non-hydrogen) atoms. The summed E-state index contributed by atoms with van der Waals surface area (Å²) in [7, 11) is 1.78. The lowest BCUT2D eigenvalue weighted by atomic mass is 9.98. The number of rotatable bonds is 7. The minimum Gasteiger partial charge on any atom is -0.493 e. The molecule has 0 spiro atoms. The summed E-state index contributed by atoms with van der Waals surface area (Å²) in [5.41, 5.74) is 1.12. The topological polar surface area (TPSA) is 63.2 Å². The van der Waals surface area contributed by atoms with Gasteiger partial charge in [0.25, 0.3) is 0 Å². The molecule has 6 heteroatoms. The van der Waals surface area contributed by atoms with Crippen molar-refractivity contribution in [3.63, 3.8) is 0 Å². The molecule has 2 aliphatic rings. The van der Waals surface area contributed by atoms with Crippen LogP contribution in [-0.4, -0.2) is 50.2 Å². The molecule has 2 fully saturated rings. The van der Waals surface area contributed by atoms with Crippen molar-refractivity contribution in [2.24, 2.45) is 16.8 Å². The fourth-order valence-corrected chi connectivity index (χ4v) is 3.41. The van der Waals surface area contributed by atoms with Gasteiger partial charge >= 0.3 is 5.97 Å². The third-order valence-electron chi connectivity index (χ3n) is 5.13. The molecule has 1 saturated heterocycles. The molecule has 3 rings (SSSR count). The lowest BCUT2D eigenvalue weighted by molar-refractivity contribution is -0.149. The Morgan fingerprint density at radius 1 is 1.30 bits per heavy atom. The smallest absolute Gasteiger partial charge is 0.310 e. The van der Waals surface area contributed by atoms with Gasteiger partial charge in [-0.15, -0.1) is 0 Å². The molecule has 1 N–H and O–H groups in total. The van der Waals surface area contributed by atoms with E-state index in [9.17, 15) is 4.79 Å². The van der Waals surface area contributed by atoms with Crippen LogP contribution in [0.15, 0.2) is 29.3 Å². The molecule has 1 atom stereocenters. The number of carbonyl (C=O) groups excluding carboxylic acids is 1. The summed E-state index contributed by atoms with van der Waals surface area (Å²) in [5, 5.41) is 3.43. The van der Waals surface area contributed by atoms with Crippen molar-refractivity contribution in [3.05, 3.63) is 29.8 Å². The van der Waals surface area contributed by atoms with Gasteiger partial charge in [0.15, 0.2) is 5.96 Å². The summed E-state index contributed by atoms with van der Waals surface area (Å²) in [4.78, 5) is 18.7. The Labute approximate surface area is 161 Å². The van der Waals surface area contributed by atoms with Crippen LogP contribution >= 0.6 is 0 Å². The fourth-order valence-electron chi connectivity index (χ4n) is 3.41. The Morgan fingerprint density at radius 2 is 2.11 bits per heavy atom. The van der Waals surface area contributed by atoms with Gasteiger partial charge in [-0.05, 0) is 44.6 Å². The number of piperidine rings is 1. The molecular formula is C21H31N3O3. The maximum absolute atomic E-state index is 12.1. The number of aliphatic imine (C=N–C) groups is 1. The zero-order chi connectivity index (χ0) is 19.1. The molecule has 6 nitrogen and oxygen atoms in total. The molecular weight excluding hydrogens is 342 g/mol. The molecule has 1 saturated carbocycles. The highest BCUT2D eigenvalue weighted by atomic mass is 16.5. The number of carbonyl (C=O) groups is 1. The van der Waals surface area contributed by atoms with Crippen LogP contribution in [0, 0.1) is 11.8 Å². The maximum Gasteiger partial charge on any atom is 0.310 e. The standard InChI is InChI=1S/C21H31N3O3/c1-3-26-20(25)18-8-6-12-24(14-18)21(22-2)23-13-17-7-4-5-9-19(17)27-15-16-10-11-16/h4-5,7,9,16,18H,3,6,8,10-15H2,1-2H3,(H,22,23). The Hall–Kier alpha value is -2.24. The van der Waals surface area contributed by atoms with Crippen molar-refractivity contribution < 1.29 is 14.3 Å². The minimum absolute atomic E-state index is 0.0774. The van der Waals surface area contributed by atoms with E-state index in [4.69, 9.17) is 9.47 Å². The number of benzene rings is 1. The van der Waals surface area contributed by atoms with Gasteiger partial charge in [0.05, 0.1) is 19.1 Å². The molecule has 148 valence electrons. The van der Waals surface area contributed by atoms with Crippen LogP contribution < -0.4 is 10.1 Å². The third-order valence-corrected chi connectivity index (χ3v) is 5.13. The Bertz CT molecular complexity index is 658. The average Bonchev–Trinajstić information content (AvgIpc) is 3.52. The van der Waals surface area contributed by atoms with Crippen LogP contribution in [0.1, 0.15) is 38.2 Å². The second-order valence-electron chi connectivity index (χ2n) is 7.30. The summed E-state index contributed by atoms with van der Waals surface area (Å²) in [6.45, 7) is 5.28. The van der Waals surface area contributed by atoms with Gasteiger partial charge in [0.2, 0.25) is 0 Å². The average molecular weight is 373 g/mol. The number of para-hydroxylation sites is 1. The highest BCUT2D eigenvalue weighted by Crippen LogP contribution is 2.30. The van der Waals surface area contributed by atoms with Gasteiger partial charge < -0.3 is 19.7 Å². The van der Waals surface area contributed by atoms with E-state index < -0.39 is 0 Å². The van der Waals surface area contributed by atoms with Gasteiger partial charge in [0, 0.05) is 32.2 Å². The molecule has 1 aliphatic heterocycles. The van der Waals surface area contributed by atoms with Crippen LogP contribution in [0.25, 0.3) is 0 Å². The normalized spacial score (nSPS) is 20.3. The van der Waals surface area contributed by atoms with E-state index in [1.165, 1.54) is 12.8 Å². The zero-order valence-corrected chi connectivity index (χ0v) is 16.4. The molecule has 1 unspecified atom stereocenters. The van der Waals surface area contributed by atoms with E-state index >= 15 is 0 Å². The van der Waals surface area contributed by atoms with Crippen molar-refractivity contribution in [2.45, 2.75) is 39.2 Å². The molecule has 0 bridgehead atoms. The number of hydrogen-bond acceptors (Lipinski definition) is 4. The number of esters is 1. The van der Waals surface area contributed by atoms with Gasteiger partial charge in [-0.25, -0.2) is 0 Å². The highest BCUT2D eigenvalue weighted by Gasteiger charge is 2.28. The molecule has 0 radical (unpaired) electrons. The van der Waals surface area contributed by atoms with E-state index in [-0.39, 0.29) is 11.9 Å².